The first-order valence-corrected chi connectivity index (χ1v) is 9.09. The number of carboxylic acids is 1. The van der Waals surface area contributed by atoms with Crippen molar-refractivity contribution >= 4 is 53.1 Å². The number of carbonyl (C=O) groups is 1. The van der Waals surface area contributed by atoms with Crippen molar-refractivity contribution in [3.8, 4) is 0 Å². The fraction of sp³-hybridized carbons (Fsp3) is 0. The Balaban J connectivity index is 0.000000218. The van der Waals surface area contributed by atoms with Gasteiger partial charge in [-0.3, -0.25) is 10.1 Å². The van der Waals surface area contributed by atoms with Gasteiger partial charge in [0, 0.05) is 27.3 Å². The van der Waals surface area contributed by atoms with E-state index in [0.29, 0.717) is 0 Å². The first-order valence-electron chi connectivity index (χ1n) is 4.85. The summed E-state index contributed by atoms with van der Waals surface area (Å²) >= 11 is 4.06. The minimum absolute atomic E-state index is 0.289. The molecule has 1 aromatic carbocycles. The third-order valence-corrected chi connectivity index (χ3v) is 5.71. The Morgan fingerprint density at radius 1 is 1.32 bits per heavy atom. The number of aromatic carboxylic acids is 1. The second-order valence-electron chi connectivity index (χ2n) is 3.09. The molecule has 8 heteroatoms. The molecule has 0 saturated heterocycles. The second kappa shape index (κ2) is 8.12. The summed E-state index contributed by atoms with van der Waals surface area (Å²) in [6, 6.07) is 9.39. The molecule has 0 saturated carbocycles. The molecular weight excluding hydrogens is 401 g/mol. The van der Waals surface area contributed by atoms with Crippen molar-refractivity contribution in [2.24, 2.45) is 0 Å². The van der Waals surface area contributed by atoms with Crippen molar-refractivity contribution in [2.75, 3.05) is 0 Å². The number of hydrogen-bond acceptors (Lipinski definition) is 5. The molecule has 5 nitrogen and oxygen atoms in total. The van der Waals surface area contributed by atoms with Crippen LogP contribution in [-0.4, -0.2) is 16.0 Å². The van der Waals surface area contributed by atoms with Crippen LogP contribution in [0.4, 0.5) is 5.69 Å². The number of benzene rings is 1. The summed E-state index contributed by atoms with van der Waals surface area (Å²) in [5.74, 6) is -1.29. The van der Waals surface area contributed by atoms with Crippen LogP contribution in [0.3, 0.4) is 0 Å². The molecule has 0 amide bonds. The van der Waals surface area contributed by atoms with E-state index < -0.39 is 10.9 Å². The number of thiophene rings is 1. The van der Waals surface area contributed by atoms with Gasteiger partial charge in [-0.15, -0.1) is 11.3 Å². The monoisotopic (exact) mass is 409 g/mol. The van der Waals surface area contributed by atoms with Crippen LogP contribution in [0.2, 0.25) is 0 Å². The Hall–Kier alpha value is -1.13. The molecule has 1 N–H and O–H groups in total. The zero-order chi connectivity index (χ0) is 14.3. The van der Waals surface area contributed by atoms with Crippen molar-refractivity contribution in [3.63, 3.8) is 0 Å². The Morgan fingerprint density at radius 2 is 2.00 bits per heavy atom. The maximum absolute atomic E-state index is 10.4. The Morgan fingerprint density at radius 3 is 2.37 bits per heavy atom. The van der Waals surface area contributed by atoms with E-state index >= 15 is 0 Å². The molecule has 0 aliphatic heterocycles. The van der Waals surface area contributed by atoms with Gasteiger partial charge in [-0.05, 0) is 26.4 Å². The molecule has 100 valence electrons. The van der Waals surface area contributed by atoms with E-state index in [-0.39, 0.29) is 11.3 Å². The lowest BCUT2D eigenvalue weighted by atomic mass is 10.2. The van der Waals surface area contributed by atoms with Gasteiger partial charge in [0.15, 0.2) is 0 Å². The molecule has 19 heavy (non-hydrogen) atoms. The lowest BCUT2D eigenvalue weighted by Crippen LogP contribution is -2.01. The van der Waals surface area contributed by atoms with E-state index in [1.165, 1.54) is 22.4 Å². The van der Waals surface area contributed by atoms with Crippen LogP contribution in [0.1, 0.15) is 10.4 Å². The topological polar surface area (TPSA) is 80.4 Å². The highest BCUT2D eigenvalue weighted by atomic mass is 127. The maximum Gasteiger partial charge on any atom is 0.342 e. The normalized spacial score (nSPS) is 9.32. The highest BCUT2D eigenvalue weighted by Crippen LogP contribution is 2.28. The van der Waals surface area contributed by atoms with E-state index in [1.807, 2.05) is 0 Å². The molecule has 1 heterocycles. The molecule has 0 unspecified atom stereocenters. The van der Waals surface area contributed by atoms with Gasteiger partial charge in [-0.1, -0.05) is 18.2 Å². The largest absolute Gasteiger partial charge is 0.477 e. The summed E-state index contributed by atoms with van der Waals surface area (Å²) < 4.78 is 1.38. The van der Waals surface area contributed by atoms with E-state index in [1.54, 1.807) is 20.3 Å². The average molecular weight is 409 g/mol. The highest BCUT2D eigenvalue weighted by molar-refractivity contribution is 14.2. The van der Waals surface area contributed by atoms with Gasteiger partial charge in [-0.2, -0.15) is 0 Å². The van der Waals surface area contributed by atoms with Crippen LogP contribution in [0.15, 0.2) is 46.0 Å². The zero-order valence-electron chi connectivity index (χ0n) is 9.36. The predicted molar refractivity (Wildman–Crippen MR) is 84.3 cm³/mol. The molecule has 0 atom stereocenters. The fourth-order valence-electron chi connectivity index (χ4n) is 1.12. The van der Waals surface area contributed by atoms with Crippen molar-refractivity contribution in [1.82, 2.24) is 0 Å². The molecule has 0 spiro atoms. The first-order chi connectivity index (χ1) is 9.06. The van der Waals surface area contributed by atoms with Crippen molar-refractivity contribution in [2.45, 2.75) is 4.21 Å². The van der Waals surface area contributed by atoms with Crippen LogP contribution in [0.25, 0.3) is 0 Å². The summed E-state index contributed by atoms with van der Waals surface area (Å²) in [6.07, 6.45) is 0. The van der Waals surface area contributed by atoms with Gasteiger partial charge in [0.05, 0.1) is 9.13 Å². The van der Waals surface area contributed by atoms with Gasteiger partial charge >= 0.3 is 5.97 Å². The summed E-state index contributed by atoms with van der Waals surface area (Å²) in [6.45, 7) is 0. The number of nitro benzene ring substituents is 1. The zero-order valence-corrected chi connectivity index (χ0v) is 13.1. The average Bonchev–Trinajstić information content (AvgIpc) is 2.92. The van der Waals surface area contributed by atoms with Gasteiger partial charge in [-0.25, -0.2) is 4.79 Å². The number of rotatable bonds is 3. The van der Waals surface area contributed by atoms with Gasteiger partial charge < -0.3 is 5.11 Å². The maximum atomic E-state index is 10.4. The molecular formula is C11H8INO4S2. The Bertz CT molecular complexity index is 527. The molecule has 2 rings (SSSR count). The number of para-hydroxylation sites is 1. The van der Waals surface area contributed by atoms with Crippen LogP contribution >= 0.6 is 41.5 Å². The lowest BCUT2D eigenvalue weighted by molar-refractivity contribution is -0.385. The third kappa shape index (κ3) is 5.17. The number of nitrogens with zero attached hydrogens (tertiary/aromatic N) is 1. The predicted octanol–water partition coefficient (Wildman–Crippen LogP) is 4.48. The van der Waals surface area contributed by atoms with Crippen LogP contribution in [-0.2, 0) is 0 Å². The number of halogens is 1. The molecule has 0 bridgehead atoms. The number of nitro groups is 1. The molecule has 0 aliphatic carbocycles. The van der Waals surface area contributed by atoms with Crippen LogP contribution in [0.5, 0.6) is 0 Å². The summed E-state index contributed by atoms with van der Waals surface area (Å²) in [5.41, 5.74) is -0.674. The third-order valence-electron chi connectivity index (χ3n) is 1.90. The molecule has 0 fully saturated rings. The number of carboxylic acid groups (broad SMARTS) is 1. The second-order valence-corrected chi connectivity index (χ2v) is 6.21. The summed E-state index contributed by atoms with van der Waals surface area (Å²) in [4.78, 5) is 20.0. The minimum atomic E-state index is -1.29. The van der Waals surface area contributed by atoms with Gasteiger partial charge in [0.1, 0.15) is 5.56 Å². The summed E-state index contributed by atoms with van der Waals surface area (Å²) in [7, 11) is 1.76. The van der Waals surface area contributed by atoms with Crippen molar-refractivity contribution < 1.29 is 14.8 Å². The van der Waals surface area contributed by atoms with Gasteiger partial charge in [0.2, 0.25) is 0 Å². The smallest absolute Gasteiger partial charge is 0.342 e. The quantitative estimate of drug-likeness (QED) is 0.459. The van der Waals surface area contributed by atoms with Crippen molar-refractivity contribution in [3.05, 3.63) is 57.5 Å². The van der Waals surface area contributed by atoms with Crippen molar-refractivity contribution in [1.29, 1.82) is 0 Å². The number of hydrogen-bond donors (Lipinski definition) is 1. The molecule has 0 aliphatic rings. The van der Waals surface area contributed by atoms with Crippen LogP contribution < -0.4 is 0 Å². The van der Waals surface area contributed by atoms with Gasteiger partial charge in [0.25, 0.3) is 5.69 Å². The molecule has 1 aromatic heterocycles. The molecule has 0 radical (unpaired) electrons. The standard InChI is InChI=1S/C7H5NO4.C4H3IS2/c9-7(10)5-3-1-2-4-6(5)8(11)12;5-7-4-2-1-3-6-4/h1-4H,(H,9,10);1-3H. The lowest BCUT2D eigenvalue weighted by Gasteiger charge is -1.94. The van der Waals surface area contributed by atoms with E-state index in [2.05, 4.69) is 38.7 Å². The van der Waals surface area contributed by atoms with E-state index in [4.69, 9.17) is 5.11 Å². The minimum Gasteiger partial charge on any atom is -0.477 e. The van der Waals surface area contributed by atoms with E-state index in [9.17, 15) is 14.9 Å². The van der Waals surface area contributed by atoms with Crippen LogP contribution in [0, 0.1) is 10.1 Å². The van der Waals surface area contributed by atoms with E-state index in [0.717, 1.165) is 6.07 Å². The SMILES string of the molecule is ISc1cccs1.O=C(O)c1ccccc1[N+](=O)[O-]. The summed E-state index contributed by atoms with van der Waals surface area (Å²) in [5, 5.41) is 20.9. The first kappa shape index (κ1) is 15.9. The molecule has 2 aromatic rings. The Labute approximate surface area is 129 Å². The highest BCUT2D eigenvalue weighted by Gasteiger charge is 2.17. The Kier molecular flexibility index (Phi) is 6.81. The fourth-order valence-corrected chi connectivity index (χ4v) is 3.39.